The SMILES string of the molecule is C=CCNC(=O)c1ccc(OC(C)C(=O)O)cc1. The van der Waals surface area contributed by atoms with Crippen LogP contribution in [0.5, 0.6) is 5.75 Å². The highest BCUT2D eigenvalue weighted by Crippen LogP contribution is 2.14. The minimum atomic E-state index is -1.04. The van der Waals surface area contributed by atoms with Gasteiger partial charge in [0.05, 0.1) is 0 Å². The van der Waals surface area contributed by atoms with Crippen molar-refractivity contribution >= 4 is 11.9 Å². The molecule has 1 aromatic rings. The number of aliphatic carboxylic acids is 1. The summed E-state index contributed by atoms with van der Waals surface area (Å²) in [7, 11) is 0. The van der Waals surface area contributed by atoms with Crippen LogP contribution in [-0.2, 0) is 4.79 Å². The summed E-state index contributed by atoms with van der Waals surface area (Å²) in [5, 5.41) is 11.3. The van der Waals surface area contributed by atoms with Crippen molar-refractivity contribution in [2.24, 2.45) is 0 Å². The molecule has 96 valence electrons. The number of carboxylic acids is 1. The Kier molecular flexibility index (Phi) is 4.92. The van der Waals surface area contributed by atoms with Crippen LogP contribution in [0.4, 0.5) is 0 Å². The molecule has 1 amide bonds. The van der Waals surface area contributed by atoms with E-state index < -0.39 is 12.1 Å². The molecule has 0 bridgehead atoms. The highest BCUT2D eigenvalue weighted by molar-refractivity contribution is 5.94. The van der Waals surface area contributed by atoms with Crippen molar-refractivity contribution in [2.45, 2.75) is 13.0 Å². The summed E-state index contributed by atoms with van der Waals surface area (Å²) in [4.78, 5) is 22.2. The van der Waals surface area contributed by atoms with Crippen molar-refractivity contribution in [3.8, 4) is 5.75 Å². The maximum absolute atomic E-state index is 11.6. The van der Waals surface area contributed by atoms with Crippen molar-refractivity contribution in [1.29, 1.82) is 0 Å². The second kappa shape index (κ2) is 6.44. The fourth-order valence-corrected chi connectivity index (χ4v) is 1.21. The standard InChI is InChI=1S/C13H15NO4/c1-3-8-14-12(15)10-4-6-11(7-5-10)18-9(2)13(16)17/h3-7,9H,1,8H2,2H3,(H,14,15)(H,16,17). The van der Waals surface area contributed by atoms with Crippen LogP contribution in [0.2, 0.25) is 0 Å². The first kappa shape index (κ1) is 13.8. The maximum Gasteiger partial charge on any atom is 0.344 e. The molecule has 0 saturated heterocycles. The van der Waals surface area contributed by atoms with Gasteiger partial charge in [0.2, 0.25) is 0 Å². The van der Waals surface area contributed by atoms with Gasteiger partial charge >= 0.3 is 5.97 Å². The lowest BCUT2D eigenvalue weighted by Gasteiger charge is -2.10. The van der Waals surface area contributed by atoms with Crippen LogP contribution in [0.1, 0.15) is 17.3 Å². The molecule has 1 rings (SSSR count). The second-order valence-electron chi connectivity index (χ2n) is 3.62. The predicted octanol–water partition coefficient (Wildman–Crippen LogP) is 1.45. The van der Waals surface area contributed by atoms with Crippen molar-refractivity contribution in [1.82, 2.24) is 5.32 Å². The molecule has 1 atom stereocenters. The van der Waals surface area contributed by atoms with Crippen LogP contribution in [0.25, 0.3) is 0 Å². The van der Waals surface area contributed by atoms with Gasteiger partial charge in [0.15, 0.2) is 6.10 Å². The van der Waals surface area contributed by atoms with Crippen molar-refractivity contribution in [3.05, 3.63) is 42.5 Å². The summed E-state index contributed by atoms with van der Waals surface area (Å²) in [5.41, 5.74) is 0.479. The molecule has 18 heavy (non-hydrogen) atoms. The number of carbonyl (C=O) groups is 2. The Hall–Kier alpha value is -2.30. The molecular formula is C13H15NO4. The summed E-state index contributed by atoms with van der Waals surface area (Å²) in [6.07, 6.45) is 0.662. The first-order valence-electron chi connectivity index (χ1n) is 5.43. The van der Waals surface area contributed by atoms with Crippen LogP contribution < -0.4 is 10.1 Å². The van der Waals surface area contributed by atoms with Crippen molar-refractivity contribution in [2.75, 3.05) is 6.54 Å². The molecule has 5 nitrogen and oxygen atoms in total. The molecule has 0 aromatic heterocycles. The molecule has 1 aromatic carbocycles. The number of nitrogens with one attached hydrogen (secondary N) is 1. The van der Waals surface area contributed by atoms with Crippen LogP contribution in [-0.4, -0.2) is 29.6 Å². The summed E-state index contributed by atoms with van der Waals surface area (Å²) in [6, 6.07) is 6.26. The Morgan fingerprint density at radius 1 is 1.44 bits per heavy atom. The molecule has 0 spiro atoms. The first-order chi connectivity index (χ1) is 8.54. The van der Waals surface area contributed by atoms with E-state index in [1.165, 1.54) is 6.92 Å². The lowest BCUT2D eigenvalue weighted by Crippen LogP contribution is -2.24. The Morgan fingerprint density at radius 3 is 2.56 bits per heavy atom. The smallest absolute Gasteiger partial charge is 0.344 e. The Labute approximate surface area is 105 Å². The summed E-state index contributed by atoms with van der Waals surface area (Å²) in [6.45, 7) is 5.33. The maximum atomic E-state index is 11.6. The zero-order valence-corrected chi connectivity index (χ0v) is 10.1. The molecule has 0 aliphatic rings. The molecule has 5 heteroatoms. The molecule has 0 aliphatic carbocycles. The average Bonchev–Trinajstić information content (AvgIpc) is 2.36. The Bertz CT molecular complexity index is 439. The molecule has 1 unspecified atom stereocenters. The van der Waals surface area contributed by atoms with Gasteiger partial charge in [0, 0.05) is 12.1 Å². The third-order valence-electron chi connectivity index (χ3n) is 2.18. The van der Waals surface area contributed by atoms with Crippen molar-refractivity contribution in [3.63, 3.8) is 0 Å². The number of amides is 1. The van der Waals surface area contributed by atoms with Gasteiger partial charge < -0.3 is 15.2 Å². The first-order valence-corrected chi connectivity index (χ1v) is 5.43. The highest BCUT2D eigenvalue weighted by Gasteiger charge is 2.12. The average molecular weight is 249 g/mol. The fraction of sp³-hybridized carbons (Fsp3) is 0.231. The van der Waals surface area contributed by atoms with Crippen molar-refractivity contribution < 1.29 is 19.4 Å². The normalized spacial score (nSPS) is 11.4. The van der Waals surface area contributed by atoms with Gasteiger partial charge in [-0.15, -0.1) is 6.58 Å². The zero-order valence-electron chi connectivity index (χ0n) is 10.1. The third kappa shape index (κ3) is 3.93. The third-order valence-corrected chi connectivity index (χ3v) is 2.18. The minimum Gasteiger partial charge on any atom is -0.479 e. The van der Waals surface area contributed by atoms with E-state index in [-0.39, 0.29) is 5.91 Å². The molecule has 0 fully saturated rings. The number of hydrogen-bond acceptors (Lipinski definition) is 3. The van der Waals surface area contributed by atoms with Crippen LogP contribution in [0.3, 0.4) is 0 Å². The molecular weight excluding hydrogens is 234 g/mol. The van der Waals surface area contributed by atoms with Gasteiger partial charge in [-0.2, -0.15) is 0 Å². The van der Waals surface area contributed by atoms with E-state index in [0.29, 0.717) is 17.9 Å². The number of rotatable bonds is 6. The summed E-state index contributed by atoms with van der Waals surface area (Å²) in [5.74, 6) is -0.847. The molecule has 0 radical (unpaired) electrons. The number of carboxylic acid groups (broad SMARTS) is 1. The predicted molar refractivity (Wildman–Crippen MR) is 66.7 cm³/mol. The fourth-order valence-electron chi connectivity index (χ4n) is 1.21. The van der Waals surface area contributed by atoms with Crippen LogP contribution >= 0.6 is 0 Å². The summed E-state index contributed by atoms with van der Waals surface area (Å²) < 4.78 is 5.14. The van der Waals surface area contributed by atoms with Crippen LogP contribution in [0, 0.1) is 0 Å². The Balaban J connectivity index is 2.65. The monoisotopic (exact) mass is 249 g/mol. The van der Waals surface area contributed by atoms with Crippen LogP contribution in [0.15, 0.2) is 36.9 Å². The van der Waals surface area contributed by atoms with Gasteiger partial charge in [-0.1, -0.05) is 6.08 Å². The van der Waals surface area contributed by atoms with E-state index in [2.05, 4.69) is 11.9 Å². The van der Waals surface area contributed by atoms with E-state index in [9.17, 15) is 9.59 Å². The second-order valence-corrected chi connectivity index (χ2v) is 3.62. The van der Waals surface area contributed by atoms with Gasteiger partial charge in [0.1, 0.15) is 5.75 Å². The largest absolute Gasteiger partial charge is 0.479 e. The molecule has 2 N–H and O–H groups in total. The topological polar surface area (TPSA) is 75.6 Å². The van der Waals surface area contributed by atoms with Gasteiger partial charge in [-0.05, 0) is 31.2 Å². The van der Waals surface area contributed by atoms with Gasteiger partial charge in [-0.25, -0.2) is 4.79 Å². The quantitative estimate of drug-likeness (QED) is 0.748. The van der Waals surface area contributed by atoms with E-state index in [4.69, 9.17) is 9.84 Å². The molecule has 0 saturated carbocycles. The lowest BCUT2D eigenvalue weighted by molar-refractivity contribution is -0.144. The lowest BCUT2D eigenvalue weighted by atomic mass is 10.2. The highest BCUT2D eigenvalue weighted by atomic mass is 16.5. The number of carbonyl (C=O) groups excluding carboxylic acids is 1. The molecule has 0 heterocycles. The van der Waals surface area contributed by atoms with E-state index in [1.54, 1.807) is 30.3 Å². The van der Waals surface area contributed by atoms with Gasteiger partial charge in [-0.3, -0.25) is 4.79 Å². The Morgan fingerprint density at radius 2 is 2.06 bits per heavy atom. The summed E-state index contributed by atoms with van der Waals surface area (Å²) >= 11 is 0. The van der Waals surface area contributed by atoms with Gasteiger partial charge in [0.25, 0.3) is 5.91 Å². The number of benzene rings is 1. The van der Waals surface area contributed by atoms with E-state index >= 15 is 0 Å². The number of hydrogen-bond donors (Lipinski definition) is 2. The van der Waals surface area contributed by atoms with E-state index in [0.717, 1.165) is 0 Å². The number of ether oxygens (including phenoxy) is 1. The molecule has 0 aliphatic heterocycles. The zero-order chi connectivity index (χ0) is 13.5. The van der Waals surface area contributed by atoms with E-state index in [1.807, 2.05) is 0 Å². The minimum absolute atomic E-state index is 0.215.